The number of rotatable bonds is 3. The summed E-state index contributed by atoms with van der Waals surface area (Å²) in [5, 5.41) is 3.15. The molecule has 2 unspecified atom stereocenters. The third kappa shape index (κ3) is 3.34. The molecule has 2 rings (SSSR count). The summed E-state index contributed by atoms with van der Waals surface area (Å²) in [4.78, 5) is 11.5. The Morgan fingerprint density at radius 3 is 2.38 bits per heavy atom. The number of benzene rings is 1. The quantitative estimate of drug-likeness (QED) is 0.857. The zero-order chi connectivity index (χ0) is 15.6. The molecule has 0 amide bonds. The molecule has 0 heterocycles. The van der Waals surface area contributed by atoms with Crippen molar-refractivity contribution in [2.75, 3.05) is 12.4 Å². The molecule has 0 aliphatic heterocycles. The van der Waals surface area contributed by atoms with Crippen molar-refractivity contribution in [3.05, 3.63) is 29.3 Å². The van der Waals surface area contributed by atoms with E-state index in [1.54, 1.807) is 0 Å². The van der Waals surface area contributed by atoms with Gasteiger partial charge in [0, 0.05) is 12.1 Å². The molecular weight excluding hydrogens is 276 g/mol. The van der Waals surface area contributed by atoms with Crippen molar-refractivity contribution in [1.82, 2.24) is 0 Å². The minimum Gasteiger partial charge on any atom is -0.465 e. The van der Waals surface area contributed by atoms with E-state index in [4.69, 9.17) is 0 Å². The smallest absolute Gasteiger partial charge is 0.340 e. The Bertz CT molecular complexity index is 523. The second kappa shape index (κ2) is 6.41. The summed E-state index contributed by atoms with van der Waals surface area (Å²) in [6.07, 6.45) is 3.32. The van der Waals surface area contributed by atoms with E-state index in [0.29, 0.717) is 11.8 Å². The van der Waals surface area contributed by atoms with Gasteiger partial charge in [-0.05, 0) is 30.7 Å². The molecule has 1 fully saturated rings. The number of halogens is 2. The van der Waals surface area contributed by atoms with Gasteiger partial charge >= 0.3 is 5.97 Å². The fourth-order valence-electron chi connectivity index (χ4n) is 3.07. The molecule has 116 valence electrons. The Labute approximate surface area is 123 Å². The van der Waals surface area contributed by atoms with Gasteiger partial charge in [-0.15, -0.1) is 0 Å². The van der Waals surface area contributed by atoms with Crippen molar-refractivity contribution >= 4 is 11.7 Å². The summed E-state index contributed by atoms with van der Waals surface area (Å²) < 4.78 is 32.1. The van der Waals surface area contributed by atoms with Crippen molar-refractivity contribution in [3.8, 4) is 0 Å². The molecule has 5 heteroatoms. The molecule has 1 N–H and O–H groups in total. The van der Waals surface area contributed by atoms with E-state index in [9.17, 15) is 13.6 Å². The van der Waals surface area contributed by atoms with Gasteiger partial charge in [-0.25, -0.2) is 13.6 Å². The molecule has 2 atom stereocenters. The summed E-state index contributed by atoms with van der Waals surface area (Å²) in [5.74, 6) is -1.60. The topological polar surface area (TPSA) is 38.3 Å². The van der Waals surface area contributed by atoms with Crippen LogP contribution in [0.25, 0.3) is 0 Å². The number of hydrogen-bond acceptors (Lipinski definition) is 3. The van der Waals surface area contributed by atoms with Crippen LogP contribution in [0.3, 0.4) is 0 Å². The molecule has 0 spiro atoms. The van der Waals surface area contributed by atoms with Gasteiger partial charge in [-0.3, -0.25) is 0 Å². The maximum atomic E-state index is 14.0. The molecule has 0 radical (unpaired) electrons. The molecule has 0 saturated heterocycles. The van der Waals surface area contributed by atoms with E-state index < -0.39 is 17.6 Å². The molecular formula is C16H21F2NO2. The molecule has 1 aliphatic carbocycles. The lowest BCUT2D eigenvalue weighted by Gasteiger charge is -2.36. The highest BCUT2D eigenvalue weighted by molar-refractivity contribution is 5.90. The second-order valence-electron chi connectivity index (χ2n) is 5.86. The van der Waals surface area contributed by atoms with Crippen LogP contribution in [0.5, 0.6) is 0 Å². The molecule has 3 nitrogen and oxygen atoms in total. The number of hydrogen-bond donors (Lipinski definition) is 1. The number of esters is 1. The van der Waals surface area contributed by atoms with Gasteiger partial charge in [0.2, 0.25) is 0 Å². The highest BCUT2D eigenvalue weighted by atomic mass is 19.1. The van der Waals surface area contributed by atoms with Crippen molar-refractivity contribution in [1.29, 1.82) is 0 Å². The molecule has 1 saturated carbocycles. The van der Waals surface area contributed by atoms with Crippen LogP contribution in [0.1, 0.15) is 43.5 Å². The highest BCUT2D eigenvalue weighted by Gasteiger charge is 2.28. The zero-order valence-corrected chi connectivity index (χ0v) is 12.6. The van der Waals surface area contributed by atoms with E-state index in [2.05, 4.69) is 23.9 Å². The molecule has 0 aromatic heterocycles. The third-order valence-corrected chi connectivity index (χ3v) is 4.33. The van der Waals surface area contributed by atoms with E-state index in [0.717, 1.165) is 18.9 Å². The van der Waals surface area contributed by atoms with E-state index in [1.165, 1.54) is 19.6 Å². The van der Waals surface area contributed by atoms with E-state index in [1.807, 2.05) is 0 Å². The average molecular weight is 297 g/mol. The third-order valence-electron chi connectivity index (χ3n) is 4.33. The largest absolute Gasteiger partial charge is 0.465 e. The maximum Gasteiger partial charge on any atom is 0.340 e. The van der Waals surface area contributed by atoms with Crippen LogP contribution in [-0.4, -0.2) is 19.1 Å². The first kappa shape index (κ1) is 15.7. The van der Waals surface area contributed by atoms with Gasteiger partial charge in [0.05, 0.1) is 18.4 Å². The fraction of sp³-hybridized carbons (Fsp3) is 0.562. The number of nitrogens with one attached hydrogen (secondary N) is 1. The monoisotopic (exact) mass is 297 g/mol. The number of anilines is 1. The first-order valence-corrected chi connectivity index (χ1v) is 7.28. The van der Waals surface area contributed by atoms with Crippen LogP contribution < -0.4 is 5.32 Å². The van der Waals surface area contributed by atoms with Crippen LogP contribution in [0.2, 0.25) is 0 Å². The summed E-state index contributed by atoms with van der Waals surface area (Å²) in [6.45, 7) is 4.24. The SMILES string of the molecule is COC(=O)c1cc(NC2C(C)CCCC2C)c(F)cc1F. The Morgan fingerprint density at radius 2 is 1.81 bits per heavy atom. The number of methoxy groups -OCH3 is 1. The Morgan fingerprint density at radius 1 is 1.19 bits per heavy atom. The highest BCUT2D eigenvalue weighted by Crippen LogP contribution is 2.32. The van der Waals surface area contributed by atoms with Gasteiger partial charge in [0.25, 0.3) is 0 Å². The van der Waals surface area contributed by atoms with Gasteiger partial charge in [-0.2, -0.15) is 0 Å². The first-order valence-electron chi connectivity index (χ1n) is 7.28. The first-order chi connectivity index (χ1) is 9.93. The van der Waals surface area contributed by atoms with E-state index >= 15 is 0 Å². The van der Waals surface area contributed by atoms with Crippen LogP contribution in [0, 0.1) is 23.5 Å². The minimum absolute atomic E-state index is 0.115. The van der Waals surface area contributed by atoms with Gasteiger partial charge in [-0.1, -0.05) is 20.3 Å². The molecule has 1 aromatic rings. The Kier molecular flexibility index (Phi) is 4.80. The van der Waals surface area contributed by atoms with Crippen LogP contribution in [0.4, 0.5) is 14.5 Å². The zero-order valence-electron chi connectivity index (χ0n) is 12.6. The minimum atomic E-state index is -0.908. The van der Waals surface area contributed by atoms with Gasteiger partial charge in [0.1, 0.15) is 11.6 Å². The second-order valence-corrected chi connectivity index (χ2v) is 5.86. The lowest BCUT2D eigenvalue weighted by Crippen LogP contribution is -2.37. The standard InChI is InChI=1S/C16H21F2NO2/c1-9-5-4-6-10(2)15(9)19-14-7-11(16(20)21-3)12(17)8-13(14)18/h7-10,15,19H,4-6H2,1-3H3. The molecule has 1 aromatic carbocycles. The number of carbonyl (C=O) groups is 1. The molecule has 1 aliphatic rings. The van der Waals surface area contributed by atoms with Crippen molar-refractivity contribution in [3.63, 3.8) is 0 Å². The predicted molar refractivity (Wildman–Crippen MR) is 77.3 cm³/mol. The van der Waals surface area contributed by atoms with Crippen molar-refractivity contribution < 1.29 is 18.3 Å². The van der Waals surface area contributed by atoms with Gasteiger partial charge < -0.3 is 10.1 Å². The lowest BCUT2D eigenvalue weighted by molar-refractivity contribution is 0.0595. The summed E-state index contributed by atoms with van der Waals surface area (Å²) in [6, 6.07) is 2.04. The van der Waals surface area contributed by atoms with Crippen molar-refractivity contribution in [2.45, 2.75) is 39.2 Å². The maximum absolute atomic E-state index is 14.0. The molecule has 21 heavy (non-hydrogen) atoms. The van der Waals surface area contributed by atoms with Crippen LogP contribution >= 0.6 is 0 Å². The van der Waals surface area contributed by atoms with Crippen LogP contribution in [0.15, 0.2) is 12.1 Å². The summed E-state index contributed by atoms with van der Waals surface area (Å²) >= 11 is 0. The summed E-state index contributed by atoms with van der Waals surface area (Å²) in [7, 11) is 1.17. The lowest BCUT2D eigenvalue weighted by atomic mass is 9.78. The fourth-order valence-corrected chi connectivity index (χ4v) is 3.07. The number of carbonyl (C=O) groups excluding carboxylic acids is 1. The predicted octanol–water partition coefficient (Wildman–Crippen LogP) is 3.99. The average Bonchev–Trinajstić information content (AvgIpc) is 2.44. The Hall–Kier alpha value is -1.65. The van der Waals surface area contributed by atoms with Crippen LogP contribution in [-0.2, 0) is 4.74 Å². The van der Waals surface area contributed by atoms with Gasteiger partial charge in [0.15, 0.2) is 0 Å². The normalized spacial score (nSPS) is 25.5. The molecule has 0 bridgehead atoms. The van der Waals surface area contributed by atoms with E-state index in [-0.39, 0.29) is 17.3 Å². The summed E-state index contributed by atoms with van der Waals surface area (Å²) in [5.41, 5.74) is -0.0973. The van der Waals surface area contributed by atoms with Crippen molar-refractivity contribution in [2.24, 2.45) is 11.8 Å². The number of ether oxygens (including phenoxy) is 1. The Balaban J connectivity index is 2.28.